The van der Waals surface area contributed by atoms with Crippen LogP contribution < -0.4 is 21.3 Å². The lowest BCUT2D eigenvalue weighted by molar-refractivity contribution is -0.142. The van der Waals surface area contributed by atoms with E-state index in [0.717, 1.165) is 22.3 Å². The Bertz CT molecular complexity index is 1710. The summed E-state index contributed by atoms with van der Waals surface area (Å²) in [4.78, 5) is 61.7. The molecule has 0 bridgehead atoms. The van der Waals surface area contributed by atoms with Crippen molar-refractivity contribution in [1.82, 2.24) is 21.3 Å². The highest BCUT2D eigenvalue weighted by Crippen LogP contribution is 2.44. The number of aliphatic carboxylic acids is 1. The van der Waals surface area contributed by atoms with Crippen LogP contribution in [-0.2, 0) is 53.0 Å². The number of carbonyl (C=O) groups is 5. The van der Waals surface area contributed by atoms with E-state index in [9.17, 15) is 37.5 Å². The van der Waals surface area contributed by atoms with Crippen LogP contribution in [0.1, 0.15) is 63.0 Å². The van der Waals surface area contributed by atoms with E-state index >= 15 is 0 Å². The number of hydrogen-bond donors (Lipinski definition) is 6. The van der Waals surface area contributed by atoms with Gasteiger partial charge in [-0.1, -0.05) is 62.4 Å². The molecule has 2 aromatic rings. The van der Waals surface area contributed by atoms with Crippen LogP contribution in [0.2, 0.25) is 0 Å². The van der Waals surface area contributed by atoms with E-state index in [2.05, 4.69) is 21.3 Å². The van der Waals surface area contributed by atoms with Gasteiger partial charge in [0.25, 0.3) is 10.1 Å². The first-order chi connectivity index (χ1) is 28.3. The van der Waals surface area contributed by atoms with Gasteiger partial charge in [-0.25, -0.2) is 9.59 Å². The molecule has 59 heavy (non-hydrogen) atoms. The van der Waals surface area contributed by atoms with Crippen LogP contribution in [-0.4, -0.2) is 138 Å². The van der Waals surface area contributed by atoms with Crippen molar-refractivity contribution in [1.29, 1.82) is 0 Å². The topological polar surface area (TPSA) is 254 Å². The van der Waals surface area contributed by atoms with Gasteiger partial charge in [-0.05, 0) is 47.4 Å². The maximum absolute atomic E-state index is 13.2. The second-order valence-corrected chi connectivity index (χ2v) is 15.6. The molecule has 6 N–H and O–H groups in total. The standard InChI is InChI=1S/C40H58N4O14S/c1-28(2)37(44-40(50)58-27-33-31-11-5-3-9-29(31)30-10-4-6-12-32(30)33)38(47)43-34(39(48)49)13-7-8-16-41-35(45)14-18-54-20-22-56-24-25-57-23-21-55-19-15-36(46)42-17-26-59(51,52)53/h3-6,9-12,28,33-34,37H,7-8,13-27H2,1-2H3,(H,41,45)(H,42,46)(H,43,47)(H,44,50)(H,48,49)(H,51,52,53)/t34-,37-/m0/s1. The number of ether oxygens (including phenoxy) is 5. The lowest BCUT2D eigenvalue weighted by Gasteiger charge is -2.24. The molecule has 328 valence electrons. The number of nitrogens with one attached hydrogen (secondary N) is 4. The zero-order valence-corrected chi connectivity index (χ0v) is 34.5. The summed E-state index contributed by atoms with van der Waals surface area (Å²) in [6.45, 7) is 5.80. The predicted molar refractivity (Wildman–Crippen MR) is 215 cm³/mol. The molecule has 1 aliphatic rings. The second kappa shape index (κ2) is 26.4. The zero-order valence-electron chi connectivity index (χ0n) is 33.7. The molecule has 0 saturated carbocycles. The van der Waals surface area contributed by atoms with E-state index in [1.807, 2.05) is 48.5 Å². The van der Waals surface area contributed by atoms with Crippen molar-refractivity contribution in [3.8, 4) is 11.1 Å². The summed E-state index contributed by atoms with van der Waals surface area (Å²) in [5, 5.41) is 20.1. The fourth-order valence-corrected chi connectivity index (χ4v) is 6.47. The van der Waals surface area contributed by atoms with Gasteiger partial charge in [0.05, 0.1) is 58.6 Å². The van der Waals surface area contributed by atoms with Crippen LogP contribution in [0.3, 0.4) is 0 Å². The number of carboxylic acid groups (broad SMARTS) is 1. The molecule has 4 amide bonds. The summed E-state index contributed by atoms with van der Waals surface area (Å²) in [7, 11) is -4.12. The molecule has 0 aliphatic heterocycles. The monoisotopic (exact) mass is 850 g/mol. The number of carboxylic acids is 1. The molecule has 0 aromatic heterocycles. The molecule has 2 aromatic carbocycles. The van der Waals surface area contributed by atoms with Gasteiger partial charge < -0.3 is 50.1 Å². The Kier molecular flexibility index (Phi) is 21.8. The molecular formula is C40H58N4O14S. The summed E-state index contributed by atoms with van der Waals surface area (Å²) in [6, 6.07) is 13.7. The Balaban J connectivity index is 1.19. The molecule has 19 heteroatoms. The number of carbonyl (C=O) groups excluding carboxylic acids is 4. The third-order valence-corrected chi connectivity index (χ3v) is 9.89. The van der Waals surface area contributed by atoms with Crippen molar-refractivity contribution < 1.29 is 65.7 Å². The van der Waals surface area contributed by atoms with Gasteiger partial charge in [-0.2, -0.15) is 8.42 Å². The van der Waals surface area contributed by atoms with Crippen LogP contribution in [0.15, 0.2) is 48.5 Å². The highest BCUT2D eigenvalue weighted by atomic mass is 32.2. The third kappa shape index (κ3) is 18.9. The number of fused-ring (bicyclic) bond motifs is 3. The van der Waals surface area contributed by atoms with Gasteiger partial charge in [-0.15, -0.1) is 0 Å². The molecule has 18 nitrogen and oxygen atoms in total. The van der Waals surface area contributed by atoms with Crippen molar-refractivity contribution in [3.05, 3.63) is 59.7 Å². The minimum atomic E-state index is -4.12. The van der Waals surface area contributed by atoms with Crippen molar-refractivity contribution in [2.24, 2.45) is 5.92 Å². The quantitative estimate of drug-likeness (QED) is 0.0487. The Labute approximate surface area is 345 Å². The molecule has 3 rings (SSSR count). The lowest BCUT2D eigenvalue weighted by atomic mass is 9.98. The summed E-state index contributed by atoms with van der Waals surface area (Å²) in [6.07, 6.45) is 0.431. The average Bonchev–Trinajstić information content (AvgIpc) is 3.51. The van der Waals surface area contributed by atoms with E-state index < -0.39 is 51.8 Å². The fourth-order valence-electron chi connectivity index (χ4n) is 6.11. The van der Waals surface area contributed by atoms with Crippen molar-refractivity contribution >= 4 is 39.9 Å². The molecule has 0 heterocycles. The highest BCUT2D eigenvalue weighted by molar-refractivity contribution is 7.85. The first-order valence-electron chi connectivity index (χ1n) is 19.7. The van der Waals surface area contributed by atoms with E-state index in [1.54, 1.807) is 13.8 Å². The minimum absolute atomic E-state index is 0.0452. The number of benzene rings is 2. The van der Waals surface area contributed by atoms with Gasteiger partial charge >= 0.3 is 12.1 Å². The Morgan fingerprint density at radius 2 is 1.19 bits per heavy atom. The molecule has 0 fully saturated rings. The number of amides is 4. The number of alkyl carbamates (subject to hydrolysis) is 1. The highest BCUT2D eigenvalue weighted by Gasteiger charge is 2.31. The third-order valence-electron chi connectivity index (χ3n) is 9.17. The van der Waals surface area contributed by atoms with Crippen LogP contribution in [0, 0.1) is 5.92 Å². The van der Waals surface area contributed by atoms with E-state index in [1.165, 1.54) is 0 Å². The number of hydrogen-bond acceptors (Lipinski definition) is 12. The second-order valence-electron chi connectivity index (χ2n) is 14.0. The predicted octanol–water partition coefficient (Wildman–Crippen LogP) is 2.26. The molecule has 2 atom stereocenters. The zero-order chi connectivity index (χ0) is 43.0. The van der Waals surface area contributed by atoms with Gasteiger partial charge in [0.15, 0.2) is 0 Å². The molecule has 1 aliphatic carbocycles. The van der Waals surface area contributed by atoms with Crippen LogP contribution in [0.25, 0.3) is 11.1 Å². The maximum atomic E-state index is 13.2. The van der Waals surface area contributed by atoms with Crippen LogP contribution in [0.4, 0.5) is 4.79 Å². The summed E-state index contributed by atoms with van der Waals surface area (Å²) >= 11 is 0. The van der Waals surface area contributed by atoms with E-state index in [0.29, 0.717) is 45.8 Å². The Morgan fingerprint density at radius 3 is 1.68 bits per heavy atom. The van der Waals surface area contributed by atoms with Crippen LogP contribution >= 0.6 is 0 Å². The summed E-state index contributed by atoms with van der Waals surface area (Å²) in [5.41, 5.74) is 4.29. The van der Waals surface area contributed by atoms with Crippen molar-refractivity contribution in [2.75, 3.05) is 78.3 Å². The number of rotatable bonds is 30. The smallest absolute Gasteiger partial charge is 0.407 e. The van der Waals surface area contributed by atoms with Gasteiger partial charge in [0.1, 0.15) is 18.7 Å². The van der Waals surface area contributed by atoms with E-state index in [4.69, 9.17) is 28.2 Å². The fraction of sp³-hybridized carbons (Fsp3) is 0.575. The van der Waals surface area contributed by atoms with Gasteiger partial charge in [0, 0.05) is 31.8 Å². The summed E-state index contributed by atoms with van der Waals surface area (Å²) < 4.78 is 56.9. The maximum Gasteiger partial charge on any atom is 0.407 e. The van der Waals surface area contributed by atoms with Gasteiger partial charge in [0.2, 0.25) is 17.7 Å². The van der Waals surface area contributed by atoms with Crippen LogP contribution in [0.5, 0.6) is 0 Å². The normalized spacial score (nSPS) is 13.2. The lowest BCUT2D eigenvalue weighted by Crippen LogP contribution is -2.53. The molecule has 0 spiro atoms. The van der Waals surface area contributed by atoms with Gasteiger partial charge in [-0.3, -0.25) is 18.9 Å². The number of unbranched alkanes of at least 4 members (excludes halogenated alkanes) is 1. The average molecular weight is 851 g/mol. The van der Waals surface area contributed by atoms with Crippen molar-refractivity contribution in [3.63, 3.8) is 0 Å². The minimum Gasteiger partial charge on any atom is -0.480 e. The first-order valence-corrected chi connectivity index (χ1v) is 21.3. The molecule has 0 unspecified atom stereocenters. The summed E-state index contributed by atoms with van der Waals surface area (Å²) in [5.74, 6) is -3.51. The Hall–Kier alpha value is -4.66. The SMILES string of the molecule is CC(C)[C@H](NC(=O)OCC1c2ccccc2-c2ccccc21)C(=O)N[C@@H](CCCCNC(=O)CCOCCOCCOCCOCCC(=O)NCCS(=O)(=O)O)C(=O)O. The molecule has 0 saturated heterocycles. The Morgan fingerprint density at radius 1 is 0.695 bits per heavy atom. The largest absolute Gasteiger partial charge is 0.480 e. The first kappa shape index (κ1) is 48.7. The van der Waals surface area contributed by atoms with Crippen molar-refractivity contribution in [2.45, 2.75) is 64.0 Å². The van der Waals surface area contributed by atoms with E-state index in [-0.39, 0.29) is 76.6 Å². The molecular weight excluding hydrogens is 793 g/mol. The molecule has 0 radical (unpaired) electrons.